The predicted molar refractivity (Wildman–Crippen MR) is 147 cm³/mol. The molecule has 0 unspecified atom stereocenters. The minimum atomic E-state index is -4.09. The van der Waals surface area contributed by atoms with Crippen LogP contribution in [0.15, 0.2) is 71.6 Å². The van der Waals surface area contributed by atoms with Crippen molar-refractivity contribution in [2.45, 2.75) is 37.8 Å². The smallest absolute Gasteiger partial charge is 0.264 e. The first-order valence-corrected chi connectivity index (χ1v) is 14.1. The summed E-state index contributed by atoms with van der Waals surface area (Å²) in [6, 6.07) is 19.3. The van der Waals surface area contributed by atoms with Crippen molar-refractivity contribution in [3.05, 3.63) is 88.4 Å². The molecular weight excluding hydrogens is 510 g/mol. The van der Waals surface area contributed by atoms with Gasteiger partial charge in [-0.3, -0.25) is 14.0 Å². The summed E-state index contributed by atoms with van der Waals surface area (Å²) in [5.74, 6) is -0.152. The van der Waals surface area contributed by atoms with Gasteiger partial charge >= 0.3 is 0 Å². The zero-order valence-corrected chi connectivity index (χ0v) is 22.7. The summed E-state index contributed by atoms with van der Waals surface area (Å²) in [4.78, 5) is 15.5. The number of methoxy groups -OCH3 is 1. The van der Waals surface area contributed by atoms with E-state index in [0.29, 0.717) is 10.8 Å². The number of anilines is 1. The molecule has 1 heterocycles. The third kappa shape index (κ3) is 6.83. The number of sulfonamides is 1. The lowest BCUT2D eigenvalue weighted by molar-refractivity contribution is -0.119. The van der Waals surface area contributed by atoms with Gasteiger partial charge in [0, 0.05) is 18.1 Å². The highest BCUT2D eigenvalue weighted by Crippen LogP contribution is 2.34. The molecule has 0 spiro atoms. The number of nitrogens with one attached hydrogen (secondary N) is 1. The molecule has 0 atom stereocenters. The highest BCUT2D eigenvalue weighted by Gasteiger charge is 2.29. The van der Waals surface area contributed by atoms with Gasteiger partial charge in [-0.15, -0.1) is 0 Å². The average molecular weight is 542 g/mol. The van der Waals surface area contributed by atoms with Crippen molar-refractivity contribution in [3.63, 3.8) is 0 Å². The average Bonchev–Trinajstić information content (AvgIpc) is 3.40. The lowest BCUT2D eigenvalue weighted by atomic mass is 10.1. The number of carbonyl (C=O) groups excluding carboxylic acids is 1. The molecule has 37 heavy (non-hydrogen) atoms. The third-order valence-corrected chi connectivity index (χ3v) is 8.43. The van der Waals surface area contributed by atoms with E-state index in [1.54, 1.807) is 24.3 Å². The zero-order chi connectivity index (χ0) is 26.4. The fourth-order valence-electron chi connectivity index (χ4n) is 4.34. The molecule has 0 bridgehead atoms. The van der Waals surface area contributed by atoms with Crippen molar-refractivity contribution < 1.29 is 17.9 Å². The molecule has 0 saturated carbocycles. The first kappa shape index (κ1) is 27.0. The molecule has 1 aliphatic heterocycles. The quantitative estimate of drug-likeness (QED) is 0.400. The highest BCUT2D eigenvalue weighted by molar-refractivity contribution is 7.92. The van der Waals surface area contributed by atoms with Crippen molar-refractivity contribution in [2.75, 3.05) is 31.0 Å². The number of halogens is 1. The van der Waals surface area contributed by atoms with Crippen molar-refractivity contribution in [2.24, 2.45) is 0 Å². The Kier molecular flexibility index (Phi) is 8.74. The Morgan fingerprint density at radius 2 is 1.65 bits per heavy atom. The van der Waals surface area contributed by atoms with E-state index in [1.165, 1.54) is 43.7 Å². The Morgan fingerprint density at radius 1 is 1.00 bits per heavy atom. The summed E-state index contributed by atoms with van der Waals surface area (Å²) in [7, 11) is -2.64. The molecule has 196 valence electrons. The van der Waals surface area contributed by atoms with Crippen LogP contribution in [0.5, 0.6) is 5.75 Å². The van der Waals surface area contributed by atoms with E-state index in [0.717, 1.165) is 35.1 Å². The van der Waals surface area contributed by atoms with Gasteiger partial charge in [0.05, 0.1) is 17.7 Å². The topological polar surface area (TPSA) is 79.0 Å². The van der Waals surface area contributed by atoms with E-state index >= 15 is 0 Å². The molecule has 0 aromatic heterocycles. The molecule has 3 aromatic carbocycles. The molecule has 0 radical (unpaired) electrons. The second-order valence-corrected chi connectivity index (χ2v) is 11.5. The van der Waals surface area contributed by atoms with E-state index in [4.69, 9.17) is 16.3 Å². The van der Waals surface area contributed by atoms with E-state index in [9.17, 15) is 13.2 Å². The van der Waals surface area contributed by atoms with Gasteiger partial charge in [0.1, 0.15) is 12.3 Å². The number of hydrogen-bond donors (Lipinski definition) is 1. The van der Waals surface area contributed by atoms with Crippen LogP contribution in [-0.2, 0) is 27.9 Å². The second kappa shape index (κ2) is 12.0. The molecule has 1 saturated heterocycles. The summed E-state index contributed by atoms with van der Waals surface area (Å²) in [5, 5.41) is 3.18. The van der Waals surface area contributed by atoms with Gasteiger partial charge in [-0.2, -0.15) is 0 Å². The Labute approximate surface area is 224 Å². The summed E-state index contributed by atoms with van der Waals surface area (Å²) >= 11 is 6.20. The first-order chi connectivity index (χ1) is 17.8. The zero-order valence-electron chi connectivity index (χ0n) is 21.1. The van der Waals surface area contributed by atoms with Gasteiger partial charge in [-0.25, -0.2) is 8.42 Å². The molecule has 7 nitrogen and oxygen atoms in total. The summed E-state index contributed by atoms with van der Waals surface area (Å²) < 4.78 is 33.8. The third-order valence-electron chi connectivity index (χ3n) is 6.42. The molecule has 9 heteroatoms. The summed E-state index contributed by atoms with van der Waals surface area (Å²) in [6.07, 6.45) is 2.50. The van der Waals surface area contributed by atoms with Crippen LogP contribution in [0.3, 0.4) is 0 Å². The highest BCUT2D eigenvalue weighted by atomic mass is 35.5. The predicted octanol–water partition coefficient (Wildman–Crippen LogP) is 4.76. The van der Waals surface area contributed by atoms with E-state index in [1.807, 2.05) is 19.1 Å². The number of amides is 1. The molecular formula is C28H32ClN3O4S. The summed E-state index contributed by atoms with van der Waals surface area (Å²) in [6.45, 7) is 4.93. The minimum Gasteiger partial charge on any atom is -0.495 e. The molecule has 1 aliphatic rings. The van der Waals surface area contributed by atoms with E-state index in [-0.39, 0.29) is 17.1 Å². The molecule has 1 N–H and O–H groups in total. The minimum absolute atomic E-state index is 0.0709. The maximum absolute atomic E-state index is 13.7. The van der Waals surface area contributed by atoms with Crippen LogP contribution >= 0.6 is 11.6 Å². The number of aryl methyl sites for hydroxylation is 1. The largest absolute Gasteiger partial charge is 0.495 e. The molecule has 4 rings (SSSR count). The second-order valence-electron chi connectivity index (χ2n) is 9.22. The van der Waals surface area contributed by atoms with Crippen molar-refractivity contribution >= 4 is 33.2 Å². The first-order valence-electron chi connectivity index (χ1n) is 12.3. The van der Waals surface area contributed by atoms with Gasteiger partial charge in [0.2, 0.25) is 5.91 Å². The monoisotopic (exact) mass is 541 g/mol. The number of benzene rings is 3. The number of rotatable bonds is 10. The maximum atomic E-state index is 13.7. The van der Waals surface area contributed by atoms with E-state index in [2.05, 4.69) is 22.3 Å². The number of hydrogen-bond acceptors (Lipinski definition) is 5. The van der Waals surface area contributed by atoms with Gasteiger partial charge in [-0.1, -0.05) is 53.6 Å². The van der Waals surface area contributed by atoms with Gasteiger partial charge in [0.25, 0.3) is 10.0 Å². The van der Waals surface area contributed by atoms with Crippen LogP contribution in [0.25, 0.3) is 0 Å². The number of likely N-dealkylation sites (tertiary alicyclic amines) is 1. The Balaban J connectivity index is 1.50. The van der Waals surface area contributed by atoms with Gasteiger partial charge in [0.15, 0.2) is 0 Å². The lowest BCUT2D eigenvalue weighted by Crippen LogP contribution is -2.40. The van der Waals surface area contributed by atoms with Crippen LogP contribution in [0.1, 0.15) is 29.5 Å². The maximum Gasteiger partial charge on any atom is 0.264 e. The molecule has 0 aliphatic carbocycles. The lowest BCUT2D eigenvalue weighted by Gasteiger charge is -2.26. The number of carbonyl (C=O) groups is 1. The van der Waals surface area contributed by atoms with E-state index < -0.39 is 22.5 Å². The van der Waals surface area contributed by atoms with Crippen molar-refractivity contribution in [1.29, 1.82) is 0 Å². The number of ether oxygens (including phenoxy) is 1. The fraction of sp³-hybridized carbons (Fsp3) is 0.321. The van der Waals surface area contributed by atoms with Crippen LogP contribution in [0.2, 0.25) is 5.02 Å². The molecule has 1 fully saturated rings. The molecule has 3 aromatic rings. The van der Waals surface area contributed by atoms with Crippen LogP contribution in [0, 0.1) is 6.92 Å². The van der Waals surface area contributed by atoms with Gasteiger partial charge in [-0.05, 0) is 74.3 Å². The van der Waals surface area contributed by atoms with Crippen molar-refractivity contribution in [3.8, 4) is 5.75 Å². The standard InChI is InChI=1S/C28H32ClN3O4S/c1-21-5-12-25(13-6-21)37(34,35)32(26-17-24(29)11-14-27(26)36-2)20-28(33)30-18-22-7-9-23(10-8-22)19-31-15-3-4-16-31/h5-14,17H,3-4,15-16,18-20H2,1-2H3,(H,30,33). The number of nitrogens with zero attached hydrogens (tertiary/aromatic N) is 2. The van der Waals surface area contributed by atoms with Crippen LogP contribution in [-0.4, -0.2) is 46.0 Å². The Bertz CT molecular complexity index is 1320. The normalized spacial score (nSPS) is 13.9. The van der Waals surface area contributed by atoms with Crippen LogP contribution in [0.4, 0.5) is 5.69 Å². The molecule has 1 amide bonds. The Hall–Kier alpha value is -3.07. The Morgan fingerprint density at radius 3 is 2.30 bits per heavy atom. The summed E-state index contributed by atoms with van der Waals surface area (Å²) in [5.41, 5.74) is 3.29. The van der Waals surface area contributed by atoms with Crippen LogP contribution < -0.4 is 14.4 Å². The SMILES string of the molecule is COc1ccc(Cl)cc1N(CC(=O)NCc1ccc(CN2CCCC2)cc1)S(=O)(=O)c1ccc(C)cc1. The van der Waals surface area contributed by atoms with Gasteiger partial charge < -0.3 is 10.1 Å². The fourth-order valence-corrected chi connectivity index (χ4v) is 5.93. The van der Waals surface area contributed by atoms with Crippen molar-refractivity contribution in [1.82, 2.24) is 10.2 Å².